The number of aromatic nitrogens is 2. The van der Waals surface area contributed by atoms with Crippen LogP contribution in [0.1, 0.15) is 0 Å². The van der Waals surface area contributed by atoms with Crippen molar-refractivity contribution in [3.63, 3.8) is 0 Å². The predicted molar refractivity (Wildman–Crippen MR) is 60.1 cm³/mol. The molecule has 5 heteroatoms. The number of fused-ring (bicyclic) bond motifs is 1. The van der Waals surface area contributed by atoms with Crippen LogP contribution in [-0.4, -0.2) is 17.0 Å². The van der Waals surface area contributed by atoms with E-state index in [1.807, 2.05) is 25.4 Å². The van der Waals surface area contributed by atoms with Crippen molar-refractivity contribution in [3.05, 3.63) is 24.5 Å². The molecule has 0 aliphatic heterocycles. The molecule has 0 aliphatic carbocycles. The summed E-state index contributed by atoms with van der Waals surface area (Å²) in [5.74, 6) is 0.920. The molecular formula is C8H11Cl2N3. The number of anilines is 1. The molecule has 13 heavy (non-hydrogen) atoms. The Balaban J connectivity index is 0.000000720. The third kappa shape index (κ3) is 2.05. The van der Waals surface area contributed by atoms with Crippen molar-refractivity contribution in [2.75, 3.05) is 12.4 Å². The standard InChI is InChI=1S/C8H9N3.2ClH/c1-9-8-6-2-4-10-7(6)3-5-11-8;;/h2-5,10H,1H3,(H,9,11);2*1H. The van der Waals surface area contributed by atoms with Crippen molar-refractivity contribution in [1.82, 2.24) is 9.97 Å². The average Bonchev–Trinajstić information content (AvgIpc) is 2.50. The molecule has 0 saturated carbocycles. The van der Waals surface area contributed by atoms with Gasteiger partial charge in [-0.15, -0.1) is 24.8 Å². The third-order valence-electron chi connectivity index (χ3n) is 1.72. The number of nitrogens with one attached hydrogen (secondary N) is 2. The van der Waals surface area contributed by atoms with Gasteiger partial charge in [-0.05, 0) is 12.1 Å². The summed E-state index contributed by atoms with van der Waals surface area (Å²) in [6, 6.07) is 3.96. The van der Waals surface area contributed by atoms with Crippen LogP contribution in [0.5, 0.6) is 0 Å². The van der Waals surface area contributed by atoms with Gasteiger partial charge in [0.2, 0.25) is 0 Å². The van der Waals surface area contributed by atoms with E-state index in [1.54, 1.807) is 6.20 Å². The zero-order valence-electron chi connectivity index (χ0n) is 7.07. The fourth-order valence-electron chi connectivity index (χ4n) is 1.18. The molecule has 2 N–H and O–H groups in total. The van der Waals surface area contributed by atoms with Crippen LogP contribution in [0.25, 0.3) is 10.9 Å². The van der Waals surface area contributed by atoms with Crippen LogP contribution in [-0.2, 0) is 0 Å². The Morgan fingerprint density at radius 2 is 2.08 bits per heavy atom. The maximum absolute atomic E-state index is 4.17. The van der Waals surface area contributed by atoms with Gasteiger partial charge >= 0.3 is 0 Å². The lowest BCUT2D eigenvalue weighted by atomic mass is 10.3. The van der Waals surface area contributed by atoms with Gasteiger partial charge in [0.1, 0.15) is 5.82 Å². The minimum Gasteiger partial charge on any atom is -0.373 e. The lowest BCUT2D eigenvalue weighted by molar-refractivity contribution is 1.31. The largest absolute Gasteiger partial charge is 0.373 e. The summed E-state index contributed by atoms with van der Waals surface area (Å²) in [6.45, 7) is 0. The zero-order valence-corrected chi connectivity index (χ0v) is 8.71. The molecule has 0 aliphatic rings. The molecule has 0 saturated heterocycles. The van der Waals surface area contributed by atoms with E-state index in [4.69, 9.17) is 0 Å². The van der Waals surface area contributed by atoms with Gasteiger partial charge in [-0.2, -0.15) is 0 Å². The Kier molecular flexibility index (Phi) is 4.59. The first-order valence-corrected chi connectivity index (χ1v) is 3.51. The summed E-state index contributed by atoms with van der Waals surface area (Å²) in [7, 11) is 1.87. The van der Waals surface area contributed by atoms with Gasteiger partial charge in [0, 0.05) is 24.8 Å². The predicted octanol–water partition coefficient (Wildman–Crippen LogP) is 2.45. The van der Waals surface area contributed by atoms with Crippen molar-refractivity contribution in [1.29, 1.82) is 0 Å². The summed E-state index contributed by atoms with van der Waals surface area (Å²) >= 11 is 0. The summed E-state index contributed by atoms with van der Waals surface area (Å²) in [6.07, 6.45) is 3.69. The molecule has 72 valence electrons. The van der Waals surface area contributed by atoms with Crippen LogP contribution in [0.15, 0.2) is 24.5 Å². The van der Waals surface area contributed by atoms with Crippen LogP contribution < -0.4 is 5.32 Å². The molecule has 0 spiro atoms. The van der Waals surface area contributed by atoms with E-state index in [-0.39, 0.29) is 24.8 Å². The highest BCUT2D eigenvalue weighted by molar-refractivity contribution is 5.89. The summed E-state index contributed by atoms with van der Waals surface area (Å²) in [5.41, 5.74) is 1.12. The molecule has 0 bridgehead atoms. The number of halogens is 2. The number of rotatable bonds is 1. The van der Waals surface area contributed by atoms with Crippen LogP contribution >= 0.6 is 24.8 Å². The molecule has 3 nitrogen and oxygen atoms in total. The van der Waals surface area contributed by atoms with E-state index in [2.05, 4.69) is 15.3 Å². The highest BCUT2D eigenvalue weighted by Crippen LogP contribution is 2.18. The fourth-order valence-corrected chi connectivity index (χ4v) is 1.18. The molecule has 0 amide bonds. The minimum atomic E-state index is 0. The van der Waals surface area contributed by atoms with Gasteiger partial charge in [0.25, 0.3) is 0 Å². The molecule has 0 radical (unpaired) electrons. The van der Waals surface area contributed by atoms with E-state index in [0.717, 1.165) is 16.7 Å². The van der Waals surface area contributed by atoms with Crippen LogP contribution in [0.4, 0.5) is 5.82 Å². The molecule has 0 fully saturated rings. The third-order valence-corrected chi connectivity index (χ3v) is 1.72. The molecule has 0 unspecified atom stereocenters. The molecular weight excluding hydrogens is 209 g/mol. The number of pyridine rings is 1. The zero-order chi connectivity index (χ0) is 7.68. The van der Waals surface area contributed by atoms with Gasteiger partial charge in [-0.3, -0.25) is 0 Å². The summed E-state index contributed by atoms with van der Waals surface area (Å²) < 4.78 is 0. The van der Waals surface area contributed by atoms with Gasteiger partial charge in [0.05, 0.1) is 5.52 Å². The Morgan fingerprint density at radius 3 is 2.77 bits per heavy atom. The van der Waals surface area contributed by atoms with E-state index in [0.29, 0.717) is 0 Å². The quantitative estimate of drug-likeness (QED) is 0.774. The maximum Gasteiger partial charge on any atom is 0.135 e. The molecule has 2 aromatic heterocycles. The molecule has 2 rings (SSSR count). The van der Waals surface area contributed by atoms with Crippen LogP contribution in [0.3, 0.4) is 0 Å². The smallest absolute Gasteiger partial charge is 0.135 e. The summed E-state index contributed by atoms with van der Waals surface area (Å²) in [5, 5.41) is 4.16. The van der Waals surface area contributed by atoms with Gasteiger partial charge in [-0.25, -0.2) is 4.98 Å². The highest BCUT2D eigenvalue weighted by Gasteiger charge is 1.98. The van der Waals surface area contributed by atoms with Crippen molar-refractivity contribution >= 4 is 41.5 Å². The van der Waals surface area contributed by atoms with Crippen molar-refractivity contribution in [2.45, 2.75) is 0 Å². The lowest BCUT2D eigenvalue weighted by Gasteiger charge is -1.98. The number of H-pyrrole nitrogens is 1. The Bertz CT molecular complexity index is 372. The topological polar surface area (TPSA) is 40.7 Å². The van der Waals surface area contributed by atoms with Crippen molar-refractivity contribution in [3.8, 4) is 0 Å². The Labute approximate surface area is 88.8 Å². The minimum absolute atomic E-state index is 0. The molecule has 0 aromatic carbocycles. The Morgan fingerprint density at radius 1 is 1.31 bits per heavy atom. The second-order valence-corrected chi connectivity index (χ2v) is 2.35. The van der Waals surface area contributed by atoms with Crippen molar-refractivity contribution < 1.29 is 0 Å². The van der Waals surface area contributed by atoms with Gasteiger partial charge < -0.3 is 10.3 Å². The highest BCUT2D eigenvalue weighted by atomic mass is 35.5. The lowest BCUT2D eigenvalue weighted by Crippen LogP contribution is -1.90. The second kappa shape index (κ2) is 4.94. The van der Waals surface area contributed by atoms with Gasteiger partial charge in [-0.1, -0.05) is 0 Å². The fraction of sp³-hybridized carbons (Fsp3) is 0.125. The van der Waals surface area contributed by atoms with E-state index < -0.39 is 0 Å². The maximum atomic E-state index is 4.17. The normalized spacial score (nSPS) is 8.69. The van der Waals surface area contributed by atoms with Crippen molar-refractivity contribution in [2.24, 2.45) is 0 Å². The van der Waals surface area contributed by atoms with E-state index in [9.17, 15) is 0 Å². The first kappa shape index (κ1) is 12.1. The number of hydrogen-bond donors (Lipinski definition) is 2. The van der Waals surface area contributed by atoms with Crippen LogP contribution in [0.2, 0.25) is 0 Å². The first-order chi connectivity index (χ1) is 5.42. The second-order valence-electron chi connectivity index (χ2n) is 2.35. The first-order valence-electron chi connectivity index (χ1n) is 3.51. The number of nitrogens with zero attached hydrogens (tertiary/aromatic N) is 1. The van der Waals surface area contributed by atoms with E-state index in [1.165, 1.54) is 0 Å². The monoisotopic (exact) mass is 219 g/mol. The number of aromatic amines is 1. The summed E-state index contributed by atoms with van der Waals surface area (Å²) in [4.78, 5) is 7.28. The van der Waals surface area contributed by atoms with Gasteiger partial charge in [0.15, 0.2) is 0 Å². The Hall–Kier alpha value is -0.930. The molecule has 2 aromatic rings. The molecule has 2 heterocycles. The average molecular weight is 220 g/mol. The van der Waals surface area contributed by atoms with Crippen LogP contribution in [0, 0.1) is 0 Å². The molecule has 0 atom stereocenters. The van der Waals surface area contributed by atoms with E-state index >= 15 is 0 Å². The SMILES string of the molecule is CNc1nccc2[nH]ccc12.Cl.Cl. The number of hydrogen-bond acceptors (Lipinski definition) is 2.